The van der Waals surface area contributed by atoms with Crippen LogP contribution in [0.15, 0.2) is 86.0 Å². The molecule has 14 bridgehead atoms. The normalized spacial score (nSPS) is 30.3. The van der Waals surface area contributed by atoms with Gasteiger partial charge in [-0.15, -0.1) is 0 Å². The van der Waals surface area contributed by atoms with Gasteiger partial charge in [0.1, 0.15) is 48.1 Å². The molecule has 0 N–H and O–H groups in total. The third kappa shape index (κ3) is 9.21. The molecule has 28 heteroatoms. The van der Waals surface area contributed by atoms with Gasteiger partial charge in [-0.25, -0.2) is 47.8 Å². The molecule has 0 aliphatic carbocycles. The van der Waals surface area contributed by atoms with Crippen LogP contribution in [0.3, 0.4) is 0 Å². The molecule has 3 saturated heterocycles. The number of aryl methyl sites for hydroxylation is 2. The standard InChI is InChI=1S/C40H38F2N10O12P2S2/c41-31-35-29-15-59-66(58,68-18-24-10-6-8-14-28(24)52(55)56)64-36-30(16-60-65(57,63-35)67-17-23-9-5-7-13-27(23)51(53)54)62-40(32(36)42)50-22-48-34-26(44-20-46-38(34)50)12-4-2-1-3-11-25-33-37(45-19-43-25)49(21-47-33)39(31)61-29/h1-2,5-10,13-14,19-22,29-32,35-36,39-40H,3-4,11-12,15-18H2/b2-1+/t29-,30?,31-,32-,35-,36-,39-,40-,65-,66-/m1/s1. The van der Waals surface area contributed by atoms with Crippen molar-refractivity contribution in [1.29, 1.82) is 0 Å². The van der Waals surface area contributed by atoms with Gasteiger partial charge < -0.3 is 9.47 Å². The van der Waals surface area contributed by atoms with E-state index >= 15 is 17.9 Å². The number of aromatic nitrogens is 8. The number of nitrogens with zero attached hydrogens (tertiary/aromatic N) is 10. The molecule has 68 heavy (non-hydrogen) atoms. The van der Waals surface area contributed by atoms with Gasteiger partial charge in [-0.3, -0.25) is 47.5 Å². The summed E-state index contributed by atoms with van der Waals surface area (Å²) in [7, 11) is 0. The Morgan fingerprint density at radius 3 is 1.50 bits per heavy atom. The Hall–Kier alpha value is -5.14. The number of alkyl halides is 2. The van der Waals surface area contributed by atoms with Crippen molar-refractivity contribution < 1.29 is 55.3 Å². The molecule has 0 spiro atoms. The molecule has 1 unspecified atom stereocenters. The highest BCUT2D eigenvalue weighted by molar-refractivity contribution is 8.55. The summed E-state index contributed by atoms with van der Waals surface area (Å²) >= 11 is 1.03. The molecule has 4 aromatic heterocycles. The van der Waals surface area contributed by atoms with Crippen molar-refractivity contribution >= 4 is 70.1 Å². The Kier molecular flexibility index (Phi) is 13.2. The summed E-state index contributed by atoms with van der Waals surface area (Å²) in [5, 5.41) is 24.0. The zero-order chi connectivity index (χ0) is 47.2. The largest absolute Gasteiger partial charge is 0.390 e. The predicted octanol–water partition coefficient (Wildman–Crippen LogP) is 8.29. The van der Waals surface area contributed by atoms with E-state index in [4.69, 9.17) is 27.6 Å². The first-order valence-electron chi connectivity index (χ1n) is 21.0. The average molecular weight is 1010 g/mol. The van der Waals surface area contributed by atoms with E-state index in [0.717, 1.165) is 0 Å². The van der Waals surface area contributed by atoms with Crippen molar-refractivity contribution in [2.75, 3.05) is 13.2 Å². The molecule has 2 aromatic carbocycles. The van der Waals surface area contributed by atoms with Gasteiger partial charge in [-0.2, -0.15) is 0 Å². The van der Waals surface area contributed by atoms with E-state index in [1.807, 2.05) is 12.2 Å². The maximum absolute atomic E-state index is 17.4. The Morgan fingerprint density at radius 1 is 0.647 bits per heavy atom. The van der Waals surface area contributed by atoms with Crippen LogP contribution in [0, 0.1) is 20.2 Å². The number of nitro groups is 2. The lowest BCUT2D eigenvalue weighted by Crippen LogP contribution is -2.37. The fourth-order valence-electron chi connectivity index (χ4n) is 8.31. The number of nitro benzene ring substituents is 2. The summed E-state index contributed by atoms with van der Waals surface area (Å²) < 4.78 is 105. The molecule has 11 rings (SSSR count). The fraction of sp³-hybridized carbons (Fsp3) is 0.400. The van der Waals surface area contributed by atoms with Crippen LogP contribution in [-0.2, 0) is 61.0 Å². The number of hydrogen-bond donors (Lipinski definition) is 0. The van der Waals surface area contributed by atoms with Crippen molar-refractivity contribution in [2.45, 2.75) is 86.4 Å². The molecule has 0 saturated carbocycles. The quantitative estimate of drug-likeness (QED) is 0.0600. The highest BCUT2D eigenvalue weighted by Crippen LogP contribution is 2.67. The van der Waals surface area contributed by atoms with Crippen LogP contribution in [-0.4, -0.2) is 98.9 Å². The van der Waals surface area contributed by atoms with Gasteiger partial charge in [0.05, 0.1) is 47.1 Å². The SMILES string of the molecule is O=[N+]([O-])c1ccccc1CS[P@]1(=O)OCC2O[C@@H]3[C@H](F)[C@@H]2O[P@](=O)(SCc2ccccc2[N+](=O)[O-])OC[C@H]2O[C@H]([C@H](F)[C@@H]2O1)n1cnc2c(ncnc21)CC/C=C/CCc1ncnc2c1ncn23. The number of hydrogen-bond acceptors (Lipinski definition) is 20. The lowest BCUT2D eigenvalue weighted by Gasteiger charge is -2.30. The van der Waals surface area contributed by atoms with Gasteiger partial charge in [-0.05, 0) is 48.4 Å². The lowest BCUT2D eigenvalue weighted by atomic mass is 10.1. The number of benzene rings is 2. The maximum Gasteiger partial charge on any atom is 0.390 e. The maximum atomic E-state index is 17.4. The van der Waals surface area contributed by atoms with Crippen molar-refractivity contribution in [1.82, 2.24) is 39.0 Å². The molecule has 6 aromatic rings. The van der Waals surface area contributed by atoms with Gasteiger partial charge in [-0.1, -0.05) is 48.6 Å². The molecule has 22 nitrogen and oxygen atoms in total. The van der Waals surface area contributed by atoms with Crippen molar-refractivity contribution in [3.8, 4) is 0 Å². The van der Waals surface area contributed by atoms with E-state index < -0.39 is 85.9 Å². The van der Waals surface area contributed by atoms with Crippen molar-refractivity contribution in [3.63, 3.8) is 0 Å². The summed E-state index contributed by atoms with van der Waals surface area (Å²) in [4.78, 5) is 49.4. The van der Waals surface area contributed by atoms with E-state index in [1.54, 1.807) is 12.1 Å². The molecule has 0 radical (unpaired) electrons. The second-order valence-electron chi connectivity index (χ2n) is 15.8. The summed E-state index contributed by atoms with van der Waals surface area (Å²) in [5.41, 5.74) is 1.92. The van der Waals surface area contributed by atoms with Crippen molar-refractivity contribution in [2.24, 2.45) is 0 Å². The molecule has 5 aliphatic heterocycles. The van der Waals surface area contributed by atoms with Crippen LogP contribution in [0.1, 0.15) is 47.8 Å². The highest BCUT2D eigenvalue weighted by Gasteiger charge is 2.55. The summed E-state index contributed by atoms with van der Waals surface area (Å²) in [6.45, 7) is -11.0. The van der Waals surface area contributed by atoms with Crippen LogP contribution in [0.5, 0.6) is 0 Å². The lowest BCUT2D eigenvalue weighted by molar-refractivity contribution is -0.385. The molecular formula is C40H38F2N10O12P2S2. The Balaban J connectivity index is 1.09. The number of ether oxygens (including phenoxy) is 2. The van der Waals surface area contributed by atoms with Gasteiger partial charge in [0.25, 0.3) is 11.4 Å². The van der Waals surface area contributed by atoms with Crippen LogP contribution in [0.25, 0.3) is 22.3 Å². The third-order valence-electron chi connectivity index (χ3n) is 11.6. The topological polar surface area (TPSA) is 263 Å². The van der Waals surface area contributed by atoms with Crippen LogP contribution >= 0.6 is 36.4 Å². The number of imidazole rings is 2. The number of halogens is 2. The molecule has 0 amide bonds. The second kappa shape index (κ2) is 19.3. The van der Waals surface area contributed by atoms with E-state index in [9.17, 15) is 20.2 Å². The van der Waals surface area contributed by atoms with Crippen molar-refractivity contribution in [3.05, 3.63) is 129 Å². The van der Waals surface area contributed by atoms with Crippen LogP contribution in [0.2, 0.25) is 0 Å². The summed E-state index contributed by atoms with van der Waals surface area (Å²) in [5.74, 6) is -0.657. The minimum atomic E-state index is -4.73. The molecule has 356 valence electrons. The van der Waals surface area contributed by atoms with Crippen LogP contribution in [0.4, 0.5) is 20.2 Å². The molecule has 5 aliphatic rings. The van der Waals surface area contributed by atoms with Gasteiger partial charge in [0, 0.05) is 34.8 Å². The Labute approximate surface area is 391 Å². The van der Waals surface area contributed by atoms with E-state index in [2.05, 4.69) is 29.9 Å². The van der Waals surface area contributed by atoms with Gasteiger partial charge in [0.15, 0.2) is 36.1 Å². The molecular weight excluding hydrogens is 977 g/mol. The van der Waals surface area contributed by atoms with Gasteiger partial charge in [0.2, 0.25) is 0 Å². The molecule has 9 heterocycles. The van der Waals surface area contributed by atoms with Gasteiger partial charge >= 0.3 is 13.6 Å². The number of para-hydroxylation sites is 2. The first-order chi connectivity index (χ1) is 32.9. The first kappa shape index (κ1) is 46.6. The first-order valence-corrected chi connectivity index (χ1v) is 27.3. The van der Waals surface area contributed by atoms with E-state index in [-0.39, 0.29) is 45.3 Å². The second-order valence-corrected chi connectivity index (χ2v) is 23.9. The summed E-state index contributed by atoms with van der Waals surface area (Å²) in [6, 6.07) is 11.4. The zero-order valence-corrected chi connectivity index (χ0v) is 38.6. The number of fused-ring (bicyclic) bond motifs is 10. The average Bonchev–Trinajstić information content (AvgIpc) is 4.11. The highest BCUT2D eigenvalue weighted by atomic mass is 32.7. The fourth-order valence-corrected chi connectivity index (χ4v) is 15.1. The molecule has 3 fully saturated rings. The number of allylic oxidation sites excluding steroid dienone is 2. The number of rotatable bonds is 8. The zero-order valence-electron chi connectivity index (χ0n) is 35.2. The molecule has 10 atom stereocenters. The minimum Gasteiger partial charge on any atom is -0.346 e. The Morgan fingerprint density at radius 2 is 1.07 bits per heavy atom. The smallest absolute Gasteiger partial charge is 0.346 e. The predicted molar refractivity (Wildman–Crippen MR) is 240 cm³/mol. The minimum absolute atomic E-state index is 0.135. The summed E-state index contributed by atoms with van der Waals surface area (Å²) in [6.07, 6.45) is -3.07. The Bertz CT molecular complexity index is 2830. The van der Waals surface area contributed by atoms with E-state index in [0.29, 0.717) is 70.9 Å². The monoisotopic (exact) mass is 1010 g/mol. The van der Waals surface area contributed by atoms with Crippen LogP contribution < -0.4 is 0 Å². The third-order valence-corrected chi connectivity index (χ3v) is 18.9. The van der Waals surface area contributed by atoms with E-state index in [1.165, 1.54) is 70.8 Å².